The monoisotopic (exact) mass is 416 g/mol. The van der Waals surface area contributed by atoms with E-state index in [-0.39, 0.29) is 0 Å². The fourth-order valence-electron chi connectivity index (χ4n) is 3.49. The van der Waals surface area contributed by atoms with E-state index in [9.17, 15) is 9.59 Å². The maximum absolute atomic E-state index is 13.0. The van der Waals surface area contributed by atoms with Gasteiger partial charge >= 0.3 is 0 Å². The molecule has 1 aliphatic heterocycles. The molecule has 0 saturated carbocycles. The molecule has 1 heterocycles. The lowest BCUT2D eigenvalue weighted by atomic mass is 9.80. The number of Topliss-reactive ketones (excluding diaryl/α,β-unsaturated/α-hetero) is 1. The van der Waals surface area contributed by atoms with Crippen LogP contribution in [0.1, 0.15) is 91.4 Å². The highest BCUT2D eigenvalue weighted by Gasteiger charge is 2.49. The van der Waals surface area contributed by atoms with Crippen LogP contribution in [-0.2, 0) is 24.1 Å². The Hall–Kier alpha value is -2.14. The summed E-state index contributed by atoms with van der Waals surface area (Å²) in [6.07, 6.45) is 16.2. The van der Waals surface area contributed by atoms with Crippen molar-refractivity contribution in [3.05, 3.63) is 47.7 Å². The molecule has 5 heteroatoms. The largest absolute Gasteiger partial charge is 0.469 e. The van der Waals surface area contributed by atoms with Crippen molar-refractivity contribution in [2.24, 2.45) is 0 Å². The Morgan fingerprint density at radius 2 is 1.67 bits per heavy atom. The topological polar surface area (TPSA) is 61.8 Å². The van der Waals surface area contributed by atoms with Gasteiger partial charge in [-0.2, -0.15) is 4.89 Å². The lowest BCUT2D eigenvalue weighted by Crippen LogP contribution is -2.49. The highest BCUT2D eigenvalue weighted by molar-refractivity contribution is 6.25. The molecule has 0 radical (unpaired) electrons. The van der Waals surface area contributed by atoms with Crippen molar-refractivity contribution in [2.45, 2.75) is 97.0 Å². The van der Waals surface area contributed by atoms with Crippen LogP contribution in [0.4, 0.5) is 0 Å². The molecule has 5 nitrogen and oxygen atoms in total. The molecular formula is C25H36O5. The minimum atomic E-state index is -1.73. The molecule has 0 aromatic heterocycles. The molecule has 1 unspecified atom stereocenters. The van der Waals surface area contributed by atoms with Gasteiger partial charge in [0.2, 0.25) is 11.4 Å². The predicted octanol–water partition coefficient (Wildman–Crippen LogP) is 6.41. The zero-order valence-electron chi connectivity index (χ0n) is 18.8. The maximum atomic E-state index is 13.0. The van der Waals surface area contributed by atoms with Crippen molar-refractivity contribution in [1.29, 1.82) is 0 Å². The number of carbonyl (C=O) groups is 2. The van der Waals surface area contributed by atoms with E-state index in [0.717, 1.165) is 50.7 Å². The second-order valence-electron chi connectivity index (χ2n) is 8.27. The number of rotatable bonds is 14. The molecule has 1 atom stereocenters. The van der Waals surface area contributed by atoms with Gasteiger partial charge < -0.3 is 9.62 Å². The zero-order chi connectivity index (χ0) is 22.0. The fourth-order valence-corrected chi connectivity index (χ4v) is 3.49. The summed E-state index contributed by atoms with van der Waals surface area (Å²) in [5.74, 6) is 0.311. The van der Waals surface area contributed by atoms with Gasteiger partial charge in [0.15, 0.2) is 5.78 Å². The lowest BCUT2D eigenvalue weighted by Gasteiger charge is -2.30. The Morgan fingerprint density at radius 3 is 2.37 bits per heavy atom. The quantitative estimate of drug-likeness (QED) is 0.108. The molecule has 0 saturated heterocycles. The van der Waals surface area contributed by atoms with Crippen LogP contribution in [-0.4, -0.2) is 17.2 Å². The van der Waals surface area contributed by atoms with Gasteiger partial charge in [-0.15, -0.1) is 0 Å². The molecule has 0 aromatic rings. The molecule has 0 amide bonds. The Balaban J connectivity index is 1.94. The van der Waals surface area contributed by atoms with Crippen molar-refractivity contribution >= 4 is 11.6 Å². The highest BCUT2D eigenvalue weighted by atomic mass is 17.2. The van der Waals surface area contributed by atoms with Crippen LogP contribution in [0.2, 0.25) is 0 Å². The molecule has 166 valence electrons. The maximum Gasteiger partial charge on any atom is 0.236 e. The summed E-state index contributed by atoms with van der Waals surface area (Å²) in [7, 11) is 0. The summed E-state index contributed by atoms with van der Waals surface area (Å²) in [6.45, 7) is 9.59. The van der Waals surface area contributed by atoms with Crippen LogP contribution in [0.25, 0.3) is 0 Å². The fraction of sp³-hybridized carbons (Fsp3) is 0.600. The normalized spacial score (nSPS) is 20.7. The summed E-state index contributed by atoms with van der Waals surface area (Å²) in [5.41, 5.74) is -0.806. The summed E-state index contributed by atoms with van der Waals surface area (Å²) < 4.78 is 5.67. The first-order valence-electron chi connectivity index (χ1n) is 11.3. The van der Waals surface area contributed by atoms with E-state index in [1.165, 1.54) is 38.5 Å². The van der Waals surface area contributed by atoms with E-state index in [1.807, 2.05) is 0 Å². The molecule has 2 rings (SSSR count). The summed E-state index contributed by atoms with van der Waals surface area (Å²) in [6, 6.07) is 0. The number of fused-ring (bicyclic) bond motifs is 1. The Kier molecular flexibility index (Phi) is 9.57. The third-order valence-corrected chi connectivity index (χ3v) is 5.55. The lowest BCUT2D eigenvalue weighted by molar-refractivity contribution is -0.309. The number of hydrogen-bond donors (Lipinski definition) is 0. The molecule has 30 heavy (non-hydrogen) atoms. The van der Waals surface area contributed by atoms with Crippen molar-refractivity contribution in [1.82, 2.24) is 0 Å². The van der Waals surface area contributed by atoms with Crippen molar-refractivity contribution in [2.75, 3.05) is 0 Å². The molecule has 0 aromatic carbocycles. The van der Waals surface area contributed by atoms with Crippen LogP contribution >= 0.6 is 0 Å². The molecule has 0 N–H and O–H groups in total. The predicted molar refractivity (Wildman–Crippen MR) is 117 cm³/mol. The van der Waals surface area contributed by atoms with Crippen LogP contribution in [0.15, 0.2) is 47.7 Å². The number of allylic oxidation sites excluding steroid dienone is 4. The highest BCUT2D eigenvalue weighted by Crippen LogP contribution is 2.34. The number of ketones is 2. The number of ether oxygens (including phenoxy) is 1. The second kappa shape index (κ2) is 11.9. The SMILES string of the molecule is C=C(CCCCCC)OOC1(C)C(=O)C=C2C=C(CCCCCCC)OC=C2C1=O. The van der Waals surface area contributed by atoms with Crippen LogP contribution in [0, 0.1) is 0 Å². The van der Waals surface area contributed by atoms with Gasteiger partial charge in [-0.1, -0.05) is 65.4 Å². The van der Waals surface area contributed by atoms with Crippen molar-refractivity contribution in [3.63, 3.8) is 0 Å². The molecule has 0 spiro atoms. The number of carbonyl (C=O) groups excluding carboxylic acids is 2. The third kappa shape index (κ3) is 6.43. The van der Waals surface area contributed by atoms with E-state index in [2.05, 4.69) is 20.4 Å². The van der Waals surface area contributed by atoms with Gasteiger partial charge in [0.05, 0.1) is 5.57 Å². The molecular weight excluding hydrogens is 380 g/mol. The van der Waals surface area contributed by atoms with Gasteiger partial charge in [0.1, 0.15) is 17.8 Å². The first kappa shape index (κ1) is 24.1. The summed E-state index contributed by atoms with van der Waals surface area (Å²) in [4.78, 5) is 36.2. The Bertz CT molecular complexity index is 728. The number of hydrogen-bond acceptors (Lipinski definition) is 5. The average molecular weight is 417 g/mol. The minimum absolute atomic E-state index is 0.337. The molecule has 0 fully saturated rings. The van der Waals surface area contributed by atoms with Gasteiger partial charge in [-0.3, -0.25) is 9.59 Å². The van der Waals surface area contributed by atoms with Crippen LogP contribution < -0.4 is 0 Å². The number of unbranched alkanes of at least 4 members (excludes halogenated alkanes) is 7. The third-order valence-electron chi connectivity index (χ3n) is 5.55. The molecule has 0 bridgehead atoms. The Labute approximate surface area is 180 Å². The second-order valence-corrected chi connectivity index (χ2v) is 8.27. The van der Waals surface area contributed by atoms with Gasteiger partial charge in [0, 0.05) is 12.8 Å². The minimum Gasteiger partial charge on any atom is -0.469 e. The summed E-state index contributed by atoms with van der Waals surface area (Å²) >= 11 is 0. The smallest absolute Gasteiger partial charge is 0.236 e. The molecule has 2 aliphatic rings. The zero-order valence-corrected chi connectivity index (χ0v) is 18.8. The first-order valence-corrected chi connectivity index (χ1v) is 11.3. The van der Waals surface area contributed by atoms with Crippen LogP contribution in [0.3, 0.4) is 0 Å². The van der Waals surface area contributed by atoms with E-state index in [0.29, 0.717) is 23.3 Å². The van der Waals surface area contributed by atoms with E-state index in [1.54, 1.807) is 6.08 Å². The van der Waals surface area contributed by atoms with Crippen molar-refractivity contribution in [3.8, 4) is 0 Å². The van der Waals surface area contributed by atoms with Gasteiger partial charge in [-0.25, -0.2) is 0 Å². The van der Waals surface area contributed by atoms with Crippen LogP contribution in [0.5, 0.6) is 0 Å². The molecule has 1 aliphatic carbocycles. The van der Waals surface area contributed by atoms with E-state index in [4.69, 9.17) is 14.5 Å². The van der Waals surface area contributed by atoms with Crippen molar-refractivity contribution < 1.29 is 24.1 Å². The Morgan fingerprint density at radius 1 is 1.00 bits per heavy atom. The van der Waals surface area contributed by atoms with Gasteiger partial charge in [0.25, 0.3) is 0 Å². The first-order chi connectivity index (χ1) is 14.4. The average Bonchev–Trinajstić information content (AvgIpc) is 2.74. The van der Waals surface area contributed by atoms with Gasteiger partial charge in [-0.05, 0) is 37.5 Å². The standard InChI is InChI=1S/C25H36O5/c1-5-7-9-11-13-15-21-16-20-17-23(26)25(4,24(27)22(20)18-28-21)30-29-19(3)14-12-10-8-6-2/h16-18H,3,5-15H2,1-2,4H3. The summed E-state index contributed by atoms with van der Waals surface area (Å²) in [5, 5.41) is 0. The van der Waals surface area contributed by atoms with E-state index >= 15 is 0 Å². The van der Waals surface area contributed by atoms with E-state index < -0.39 is 17.2 Å².